The molecular weight excluding hydrogens is 260 g/mol. The molecule has 19 heavy (non-hydrogen) atoms. The molecule has 1 fully saturated rings. The number of halogens is 1. The zero-order chi connectivity index (χ0) is 13.7. The molecular formula is C15H23ClN2O. The molecule has 3 nitrogen and oxygen atoms in total. The first-order valence-electron chi connectivity index (χ1n) is 7.10. The molecule has 0 radical (unpaired) electrons. The normalized spacial score (nSPS) is 17.8. The third-order valence-corrected chi connectivity index (χ3v) is 4.22. The standard InChI is InChI=1S/C15H23ClN2O/c1-2-17-10-12-6-8-18(9-7-12)11-13-14(16)4-3-5-15(13)19/h3-5,12,17,19H,2,6-11H2,1H3. The Hall–Kier alpha value is -0.770. The molecule has 1 saturated heterocycles. The smallest absolute Gasteiger partial charge is 0.121 e. The van der Waals surface area contributed by atoms with Crippen molar-refractivity contribution >= 4 is 11.6 Å². The predicted molar refractivity (Wildman–Crippen MR) is 79.7 cm³/mol. The van der Waals surface area contributed by atoms with Gasteiger partial charge in [-0.3, -0.25) is 4.90 Å². The van der Waals surface area contributed by atoms with Gasteiger partial charge in [0.25, 0.3) is 0 Å². The number of benzene rings is 1. The summed E-state index contributed by atoms with van der Waals surface area (Å²) in [6.07, 6.45) is 2.44. The number of rotatable bonds is 5. The van der Waals surface area contributed by atoms with Gasteiger partial charge in [-0.2, -0.15) is 0 Å². The lowest BCUT2D eigenvalue weighted by molar-refractivity contribution is 0.174. The van der Waals surface area contributed by atoms with Crippen molar-refractivity contribution in [1.82, 2.24) is 10.2 Å². The highest BCUT2D eigenvalue weighted by Crippen LogP contribution is 2.28. The van der Waals surface area contributed by atoms with Gasteiger partial charge < -0.3 is 10.4 Å². The summed E-state index contributed by atoms with van der Waals surface area (Å²) >= 11 is 6.15. The van der Waals surface area contributed by atoms with E-state index in [2.05, 4.69) is 17.1 Å². The molecule has 106 valence electrons. The van der Waals surface area contributed by atoms with E-state index in [-0.39, 0.29) is 0 Å². The number of piperidine rings is 1. The van der Waals surface area contributed by atoms with E-state index in [0.29, 0.717) is 10.8 Å². The van der Waals surface area contributed by atoms with Crippen molar-refractivity contribution in [1.29, 1.82) is 0 Å². The van der Waals surface area contributed by atoms with Gasteiger partial charge in [-0.15, -0.1) is 0 Å². The molecule has 1 heterocycles. The van der Waals surface area contributed by atoms with Crippen LogP contribution in [0.2, 0.25) is 5.02 Å². The fraction of sp³-hybridized carbons (Fsp3) is 0.600. The van der Waals surface area contributed by atoms with Crippen molar-refractivity contribution in [3.05, 3.63) is 28.8 Å². The average molecular weight is 283 g/mol. The molecule has 0 aromatic heterocycles. The van der Waals surface area contributed by atoms with Crippen molar-refractivity contribution in [2.24, 2.45) is 5.92 Å². The van der Waals surface area contributed by atoms with Gasteiger partial charge in [-0.05, 0) is 57.1 Å². The van der Waals surface area contributed by atoms with Crippen molar-refractivity contribution in [3.63, 3.8) is 0 Å². The molecule has 1 aromatic carbocycles. The van der Waals surface area contributed by atoms with Gasteiger partial charge in [0.05, 0.1) is 0 Å². The zero-order valence-corrected chi connectivity index (χ0v) is 12.3. The Balaban J connectivity index is 1.85. The summed E-state index contributed by atoms with van der Waals surface area (Å²) in [5, 5.41) is 14.0. The lowest BCUT2D eigenvalue weighted by Crippen LogP contribution is -2.36. The Labute approximate surface area is 120 Å². The lowest BCUT2D eigenvalue weighted by Gasteiger charge is -2.32. The summed E-state index contributed by atoms with van der Waals surface area (Å²) in [6, 6.07) is 5.33. The molecule has 0 saturated carbocycles. The number of aromatic hydroxyl groups is 1. The van der Waals surface area contributed by atoms with E-state index >= 15 is 0 Å². The third-order valence-electron chi connectivity index (χ3n) is 3.87. The fourth-order valence-corrected chi connectivity index (χ4v) is 2.85. The number of likely N-dealkylation sites (tertiary alicyclic amines) is 1. The molecule has 1 aromatic rings. The summed E-state index contributed by atoms with van der Waals surface area (Å²) in [5.41, 5.74) is 0.856. The summed E-state index contributed by atoms with van der Waals surface area (Å²) < 4.78 is 0. The van der Waals surface area contributed by atoms with Gasteiger partial charge in [-0.1, -0.05) is 24.6 Å². The first-order valence-corrected chi connectivity index (χ1v) is 7.48. The van der Waals surface area contributed by atoms with Gasteiger partial charge in [0.1, 0.15) is 5.75 Å². The Bertz CT molecular complexity index is 383. The molecule has 0 bridgehead atoms. The maximum Gasteiger partial charge on any atom is 0.121 e. The van der Waals surface area contributed by atoms with Gasteiger partial charge >= 0.3 is 0 Å². The van der Waals surface area contributed by atoms with Crippen molar-refractivity contribution in [2.45, 2.75) is 26.3 Å². The maximum absolute atomic E-state index is 9.87. The van der Waals surface area contributed by atoms with Crippen LogP contribution in [0.3, 0.4) is 0 Å². The van der Waals surface area contributed by atoms with E-state index in [1.807, 2.05) is 6.07 Å². The largest absolute Gasteiger partial charge is 0.508 e. The molecule has 0 unspecified atom stereocenters. The van der Waals surface area contributed by atoms with Gasteiger partial charge in [0.15, 0.2) is 0 Å². The van der Waals surface area contributed by atoms with Crippen LogP contribution in [-0.2, 0) is 6.54 Å². The minimum atomic E-state index is 0.308. The molecule has 2 N–H and O–H groups in total. The van der Waals surface area contributed by atoms with Crippen LogP contribution in [0.5, 0.6) is 5.75 Å². The minimum Gasteiger partial charge on any atom is -0.508 e. The molecule has 0 aliphatic carbocycles. The minimum absolute atomic E-state index is 0.308. The van der Waals surface area contributed by atoms with Gasteiger partial charge in [0.2, 0.25) is 0 Å². The van der Waals surface area contributed by atoms with E-state index in [1.165, 1.54) is 12.8 Å². The first-order chi connectivity index (χ1) is 9.20. The van der Waals surface area contributed by atoms with Gasteiger partial charge in [0, 0.05) is 17.1 Å². The molecule has 0 spiro atoms. The second-order valence-corrected chi connectivity index (χ2v) is 5.67. The van der Waals surface area contributed by atoms with E-state index in [0.717, 1.165) is 44.2 Å². The quantitative estimate of drug-likeness (QED) is 0.872. The van der Waals surface area contributed by atoms with E-state index in [9.17, 15) is 5.11 Å². The second-order valence-electron chi connectivity index (χ2n) is 5.26. The van der Waals surface area contributed by atoms with Crippen LogP contribution in [-0.4, -0.2) is 36.2 Å². The van der Waals surface area contributed by atoms with Crippen molar-refractivity contribution in [3.8, 4) is 5.75 Å². The van der Waals surface area contributed by atoms with Crippen LogP contribution < -0.4 is 5.32 Å². The summed E-state index contributed by atoms with van der Waals surface area (Å²) in [5.74, 6) is 1.10. The van der Waals surface area contributed by atoms with Crippen LogP contribution in [0.15, 0.2) is 18.2 Å². The van der Waals surface area contributed by atoms with Crippen molar-refractivity contribution < 1.29 is 5.11 Å². The Morgan fingerprint density at radius 1 is 1.37 bits per heavy atom. The molecule has 1 aliphatic heterocycles. The number of nitrogens with one attached hydrogen (secondary N) is 1. The summed E-state index contributed by atoms with van der Waals surface area (Å²) in [6.45, 7) is 7.24. The summed E-state index contributed by atoms with van der Waals surface area (Å²) in [7, 11) is 0. The van der Waals surface area contributed by atoms with Crippen LogP contribution in [0.25, 0.3) is 0 Å². The van der Waals surface area contributed by atoms with Gasteiger partial charge in [-0.25, -0.2) is 0 Å². The Morgan fingerprint density at radius 2 is 2.11 bits per heavy atom. The second kappa shape index (κ2) is 7.13. The SMILES string of the molecule is CCNCC1CCN(Cc2c(O)cccc2Cl)CC1. The molecule has 4 heteroatoms. The topological polar surface area (TPSA) is 35.5 Å². The highest BCUT2D eigenvalue weighted by atomic mass is 35.5. The Kier molecular flexibility index (Phi) is 5.49. The highest BCUT2D eigenvalue weighted by molar-refractivity contribution is 6.31. The lowest BCUT2D eigenvalue weighted by atomic mass is 9.96. The van der Waals surface area contributed by atoms with Crippen LogP contribution >= 0.6 is 11.6 Å². The predicted octanol–water partition coefficient (Wildman–Crippen LogP) is 2.87. The first kappa shape index (κ1) is 14.6. The Morgan fingerprint density at radius 3 is 2.74 bits per heavy atom. The monoisotopic (exact) mass is 282 g/mol. The van der Waals surface area contributed by atoms with E-state index < -0.39 is 0 Å². The van der Waals surface area contributed by atoms with Crippen LogP contribution in [0.1, 0.15) is 25.3 Å². The highest BCUT2D eigenvalue weighted by Gasteiger charge is 2.20. The third kappa shape index (κ3) is 4.10. The molecule has 0 atom stereocenters. The number of phenols is 1. The van der Waals surface area contributed by atoms with Crippen molar-refractivity contribution in [2.75, 3.05) is 26.2 Å². The number of hydrogen-bond acceptors (Lipinski definition) is 3. The number of phenolic OH excluding ortho intramolecular Hbond substituents is 1. The van der Waals surface area contributed by atoms with E-state index in [4.69, 9.17) is 11.6 Å². The molecule has 0 amide bonds. The zero-order valence-electron chi connectivity index (χ0n) is 11.5. The van der Waals surface area contributed by atoms with E-state index in [1.54, 1.807) is 12.1 Å². The average Bonchev–Trinajstić information content (AvgIpc) is 2.42. The van der Waals surface area contributed by atoms with Crippen LogP contribution in [0.4, 0.5) is 0 Å². The molecule has 2 rings (SSSR count). The van der Waals surface area contributed by atoms with Crippen LogP contribution in [0, 0.1) is 5.92 Å². The molecule has 1 aliphatic rings. The maximum atomic E-state index is 9.87. The summed E-state index contributed by atoms with van der Waals surface area (Å²) in [4.78, 5) is 2.38. The fourth-order valence-electron chi connectivity index (χ4n) is 2.62. The number of nitrogens with zero attached hydrogens (tertiary/aromatic N) is 1. The number of hydrogen-bond donors (Lipinski definition) is 2.